The molecule has 0 saturated carbocycles. The predicted octanol–water partition coefficient (Wildman–Crippen LogP) is 2.90. The second kappa shape index (κ2) is 8.05. The number of ether oxygens (including phenoxy) is 1. The van der Waals surface area contributed by atoms with Gasteiger partial charge >= 0.3 is 0 Å². The van der Waals surface area contributed by atoms with Gasteiger partial charge in [0, 0.05) is 12.3 Å². The van der Waals surface area contributed by atoms with Crippen LogP contribution in [-0.2, 0) is 0 Å². The summed E-state index contributed by atoms with van der Waals surface area (Å²) < 4.78 is 5.24. The van der Waals surface area contributed by atoms with E-state index in [0.717, 1.165) is 13.0 Å². The van der Waals surface area contributed by atoms with E-state index in [1.807, 2.05) is 32.0 Å². The Bertz CT molecular complexity index is 174. The first-order valence-electron chi connectivity index (χ1n) is 4.47. The summed E-state index contributed by atoms with van der Waals surface area (Å²) in [6.07, 6.45) is 2.75. The van der Waals surface area contributed by atoms with Crippen LogP contribution in [0, 0.1) is 0 Å². The van der Waals surface area contributed by atoms with Crippen LogP contribution in [0.4, 0.5) is 0 Å². The molecule has 0 atom stereocenters. The lowest BCUT2D eigenvalue weighted by molar-refractivity contribution is 0.305. The summed E-state index contributed by atoms with van der Waals surface area (Å²) in [5, 5.41) is 0. The van der Waals surface area contributed by atoms with Gasteiger partial charge in [0.2, 0.25) is 5.88 Å². The Hall–Kier alpha value is -1.05. The van der Waals surface area contributed by atoms with E-state index in [2.05, 4.69) is 11.9 Å². The van der Waals surface area contributed by atoms with Crippen molar-refractivity contribution < 1.29 is 4.74 Å². The van der Waals surface area contributed by atoms with Gasteiger partial charge < -0.3 is 4.74 Å². The van der Waals surface area contributed by atoms with Gasteiger partial charge in [0.15, 0.2) is 0 Å². The topological polar surface area (TPSA) is 22.1 Å². The molecule has 0 spiro atoms. The molecule has 1 aromatic heterocycles. The summed E-state index contributed by atoms with van der Waals surface area (Å²) in [4.78, 5) is 3.99. The van der Waals surface area contributed by atoms with Crippen molar-refractivity contribution in [1.82, 2.24) is 4.98 Å². The number of hydrogen-bond donors (Lipinski definition) is 0. The average molecular weight is 167 g/mol. The van der Waals surface area contributed by atoms with Crippen LogP contribution in [0.3, 0.4) is 0 Å². The van der Waals surface area contributed by atoms with Gasteiger partial charge in [-0.3, -0.25) is 0 Å². The van der Waals surface area contributed by atoms with Crippen molar-refractivity contribution in [2.24, 2.45) is 0 Å². The van der Waals surface area contributed by atoms with Crippen LogP contribution in [-0.4, -0.2) is 11.6 Å². The maximum atomic E-state index is 5.24. The quantitative estimate of drug-likeness (QED) is 0.690. The monoisotopic (exact) mass is 167 g/mol. The highest BCUT2D eigenvalue weighted by Gasteiger charge is 1.88. The van der Waals surface area contributed by atoms with Crippen LogP contribution >= 0.6 is 0 Å². The van der Waals surface area contributed by atoms with E-state index in [1.165, 1.54) is 0 Å². The molecular formula is C10H17NO. The summed E-state index contributed by atoms with van der Waals surface area (Å²) in [7, 11) is 0. The standard InChI is InChI=1S/C8H11NO.C2H6/c1-2-7-10-8-5-3-4-6-9-8;1-2/h3-6H,2,7H2,1H3;1-2H3. The van der Waals surface area contributed by atoms with Gasteiger partial charge in [-0.2, -0.15) is 0 Å². The third-order valence-electron chi connectivity index (χ3n) is 1.09. The fraction of sp³-hybridized carbons (Fsp3) is 0.500. The third kappa shape index (κ3) is 4.72. The predicted molar refractivity (Wildman–Crippen MR) is 51.4 cm³/mol. The highest BCUT2D eigenvalue weighted by atomic mass is 16.5. The van der Waals surface area contributed by atoms with Gasteiger partial charge in [-0.1, -0.05) is 26.8 Å². The number of rotatable bonds is 3. The lowest BCUT2D eigenvalue weighted by atomic mass is 10.5. The van der Waals surface area contributed by atoms with Crippen LogP contribution < -0.4 is 4.74 Å². The molecule has 0 amide bonds. The van der Waals surface area contributed by atoms with Gasteiger partial charge in [-0.15, -0.1) is 0 Å². The van der Waals surface area contributed by atoms with Crippen LogP contribution in [0.1, 0.15) is 27.2 Å². The van der Waals surface area contributed by atoms with E-state index in [9.17, 15) is 0 Å². The van der Waals surface area contributed by atoms with Crippen LogP contribution in [0.25, 0.3) is 0 Å². The molecule has 1 heterocycles. The normalized spacial score (nSPS) is 8.25. The Morgan fingerprint density at radius 3 is 2.58 bits per heavy atom. The third-order valence-corrected chi connectivity index (χ3v) is 1.09. The molecule has 2 heteroatoms. The van der Waals surface area contributed by atoms with Crippen LogP contribution in [0.5, 0.6) is 5.88 Å². The molecule has 2 nitrogen and oxygen atoms in total. The smallest absolute Gasteiger partial charge is 0.213 e. The van der Waals surface area contributed by atoms with Gasteiger partial charge in [-0.05, 0) is 12.5 Å². The van der Waals surface area contributed by atoms with Crippen molar-refractivity contribution in [2.75, 3.05) is 6.61 Å². The summed E-state index contributed by atoms with van der Waals surface area (Å²) >= 11 is 0. The molecule has 0 N–H and O–H groups in total. The number of nitrogens with zero attached hydrogens (tertiary/aromatic N) is 1. The van der Waals surface area contributed by atoms with Crippen molar-refractivity contribution >= 4 is 0 Å². The van der Waals surface area contributed by atoms with Crippen molar-refractivity contribution in [1.29, 1.82) is 0 Å². The second-order valence-electron chi connectivity index (χ2n) is 2.02. The molecule has 0 aromatic carbocycles. The molecule has 12 heavy (non-hydrogen) atoms. The molecule has 68 valence electrons. The highest BCUT2D eigenvalue weighted by molar-refractivity contribution is 5.08. The molecule has 0 saturated heterocycles. The second-order valence-corrected chi connectivity index (χ2v) is 2.02. The molecule has 0 fully saturated rings. The molecule has 1 rings (SSSR count). The van der Waals surface area contributed by atoms with Crippen molar-refractivity contribution in [3.8, 4) is 5.88 Å². The first-order chi connectivity index (χ1) is 5.93. The molecule has 0 aliphatic heterocycles. The van der Waals surface area contributed by atoms with E-state index in [0.29, 0.717) is 5.88 Å². The fourth-order valence-corrected chi connectivity index (χ4v) is 0.639. The zero-order valence-corrected chi connectivity index (χ0v) is 8.08. The molecule has 1 aromatic rings. The lowest BCUT2D eigenvalue weighted by Crippen LogP contribution is -1.95. The first-order valence-corrected chi connectivity index (χ1v) is 4.47. The molecule has 0 unspecified atom stereocenters. The van der Waals surface area contributed by atoms with E-state index < -0.39 is 0 Å². The molecule has 0 aliphatic carbocycles. The van der Waals surface area contributed by atoms with E-state index in [-0.39, 0.29) is 0 Å². The number of aromatic nitrogens is 1. The Labute approximate surface area is 74.6 Å². The average Bonchev–Trinajstić information content (AvgIpc) is 2.19. The summed E-state index contributed by atoms with van der Waals surface area (Å²) in [5.41, 5.74) is 0. The van der Waals surface area contributed by atoms with Crippen LogP contribution in [0.2, 0.25) is 0 Å². The molecular weight excluding hydrogens is 150 g/mol. The van der Waals surface area contributed by atoms with Crippen LogP contribution in [0.15, 0.2) is 24.4 Å². The Morgan fingerprint density at radius 1 is 1.33 bits per heavy atom. The van der Waals surface area contributed by atoms with Crippen molar-refractivity contribution in [3.05, 3.63) is 24.4 Å². The Kier molecular flexibility index (Phi) is 7.35. The molecule has 0 bridgehead atoms. The first kappa shape index (κ1) is 11.0. The fourth-order valence-electron chi connectivity index (χ4n) is 0.639. The minimum atomic E-state index is 0.712. The van der Waals surface area contributed by atoms with E-state index >= 15 is 0 Å². The Balaban J connectivity index is 0.000000561. The minimum Gasteiger partial charge on any atom is -0.478 e. The van der Waals surface area contributed by atoms with E-state index in [1.54, 1.807) is 6.20 Å². The Morgan fingerprint density at radius 2 is 2.08 bits per heavy atom. The lowest BCUT2D eigenvalue weighted by Gasteiger charge is -2.00. The zero-order chi connectivity index (χ0) is 9.23. The number of hydrogen-bond acceptors (Lipinski definition) is 2. The van der Waals surface area contributed by atoms with Gasteiger partial charge in [-0.25, -0.2) is 4.98 Å². The maximum Gasteiger partial charge on any atom is 0.213 e. The zero-order valence-electron chi connectivity index (χ0n) is 8.08. The van der Waals surface area contributed by atoms with Gasteiger partial charge in [0.1, 0.15) is 0 Å². The SMILES string of the molecule is CC.CCCOc1ccccn1. The van der Waals surface area contributed by atoms with Crippen molar-refractivity contribution in [2.45, 2.75) is 27.2 Å². The highest BCUT2D eigenvalue weighted by Crippen LogP contribution is 2.02. The molecule has 0 radical (unpaired) electrons. The largest absolute Gasteiger partial charge is 0.478 e. The molecule has 0 aliphatic rings. The van der Waals surface area contributed by atoms with Crippen molar-refractivity contribution in [3.63, 3.8) is 0 Å². The number of pyridine rings is 1. The summed E-state index contributed by atoms with van der Waals surface area (Å²) in [6.45, 7) is 6.82. The summed E-state index contributed by atoms with van der Waals surface area (Å²) in [5.74, 6) is 0.712. The minimum absolute atomic E-state index is 0.712. The van der Waals surface area contributed by atoms with Gasteiger partial charge in [0.05, 0.1) is 6.61 Å². The van der Waals surface area contributed by atoms with E-state index in [4.69, 9.17) is 4.74 Å². The maximum absolute atomic E-state index is 5.24. The summed E-state index contributed by atoms with van der Waals surface area (Å²) in [6, 6.07) is 5.65. The van der Waals surface area contributed by atoms with Gasteiger partial charge in [0.25, 0.3) is 0 Å².